The first kappa shape index (κ1) is 26.7. The van der Waals surface area contributed by atoms with Gasteiger partial charge in [-0.1, -0.05) is 29.8 Å². The molecule has 2 aliphatic rings. The standard InChI is InChI=1S/C22H25ClFN5O2.C2H2O4/c23-20-8-9-21-26-28(22(30)29(21)25-20)11-3-10-27-16-6-7-17(27)13-18(12-16)31-14-15-4-1-2-5-19(15)24;3-1(4)2(5)6/h1-2,4-5,8-9,16-18H,3,6-7,10-14H2;(H,3,4)(H,5,6). The number of aromatic nitrogens is 4. The monoisotopic (exact) mass is 535 g/mol. The van der Waals surface area contributed by atoms with Gasteiger partial charge in [0, 0.05) is 30.7 Å². The number of aliphatic carboxylic acids is 2. The Bertz CT molecular complexity index is 1300. The molecule has 11 nitrogen and oxygen atoms in total. The van der Waals surface area contributed by atoms with Gasteiger partial charge in [-0.2, -0.15) is 4.52 Å². The Morgan fingerprint density at radius 3 is 2.35 bits per heavy atom. The van der Waals surface area contributed by atoms with Gasteiger partial charge >= 0.3 is 17.6 Å². The van der Waals surface area contributed by atoms with Crippen molar-refractivity contribution in [1.82, 2.24) is 24.3 Å². The highest BCUT2D eigenvalue weighted by molar-refractivity contribution is 6.29. The Morgan fingerprint density at radius 2 is 1.70 bits per heavy atom. The van der Waals surface area contributed by atoms with Gasteiger partial charge in [0.05, 0.1) is 12.7 Å². The number of piperidine rings is 1. The fourth-order valence-corrected chi connectivity index (χ4v) is 5.12. The second kappa shape index (κ2) is 11.8. The zero-order valence-corrected chi connectivity index (χ0v) is 20.6. The number of hydrogen-bond acceptors (Lipinski definition) is 7. The Morgan fingerprint density at radius 1 is 1.03 bits per heavy atom. The number of carbonyl (C=O) groups is 2. The maximum Gasteiger partial charge on any atom is 0.414 e. The van der Waals surface area contributed by atoms with Crippen LogP contribution in [0.1, 0.15) is 37.7 Å². The molecule has 0 aliphatic carbocycles. The predicted molar refractivity (Wildman–Crippen MR) is 130 cm³/mol. The lowest BCUT2D eigenvalue weighted by molar-refractivity contribution is -0.159. The zero-order valence-electron chi connectivity index (χ0n) is 19.9. The van der Waals surface area contributed by atoms with Gasteiger partial charge in [0.15, 0.2) is 5.65 Å². The SMILES string of the molecule is O=C(O)C(=O)O.O=c1n(CCCN2C3CCC2CC(OCc2ccccc2F)C3)nc2ccc(Cl)nn12. The van der Waals surface area contributed by atoms with Crippen molar-refractivity contribution in [1.29, 1.82) is 0 Å². The lowest BCUT2D eigenvalue weighted by Gasteiger charge is -2.38. The largest absolute Gasteiger partial charge is 0.473 e. The number of carboxylic acid groups (broad SMARTS) is 2. The van der Waals surface area contributed by atoms with E-state index in [0.29, 0.717) is 36.4 Å². The van der Waals surface area contributed by atoms with E-state index in [1.54, 1.807) is 24.3 Å². The maximum atomic E-state index is 13.8. The number of nitrogens with zero attached hydrogens (tertiary/aromatic N) is 5. The Kier molecular flexibility index (Phi) is 8.52. The van der Waals surface area contributed by atoms with Gasteiger partial charge in [-0.15, -0.1) is 10.2 Å². The smallest absolute Gasteiger partial charge is 0.414 e. The van der Waals surface area contributed by atoms with Crippen LogP contribution in [0.2, 0.25) is 5.15 Å². The van der Waals surface area contributed by atoms with Crippen LogP contribution >= 0.6 is 11.6 Å². The van der Waals surface area contributed by atoms with Crippen LogP contribution in [-0.2, 0) is 27.5 Å². The molecule has 13 heteroatoms. The summed E-state index contributed by atoms with van der Waals surface area (Å²) in [4.78, 5) is 33.2. The number of ether oxygens (including phenoxy) is 1. The average Bonchev–Trinajstić information content (AvgIpc) is 3.29. The molecule has 0 saturated carbocycles. The van der Waals surface area contributed by atoms with Crippen molar-refractivity contribution in [2.24, 2.45) is 0 Å². The normalized spacial score (nSPS) is 21.0. The van der Waals surface area contributed by atoms with Crippen molar-refractivity contribution in [3.63, 3.8) is 0 Å². The number of rotatable bonds is 7. The van der Waals surface area contributed by atoms with Crippen molar-refractivity contribution in [2.45, 2.75) is 63.4 Å². The second-order valence-corrected chi connectivity index (χ2v) is 9.40. The van der Waals surface area contributed by atoms with Gasteiger partial charge in [-0.25, -0.2) is 23.5 Å². The molecule has 1 aromatic carbocycles. The van der Waals surface area contributed by atoms with Crippen LogP contribution in [0.4, 0.5) is 4.39 Å². The van der Waals surface area contributed by atoms with Gasteiger partial charge in [0.2, 0.25) is 0 Å². The van der Waals surface area contributed by atoms with Crippen molar-refractivity contribution in [2.75, 3.05) is 6.54 Å². The van der Waals surface area contributed by atoms with Crippen LogP contribution in [0.15, 0.2) is 41.2 Å². The summed E-state index contributed by atoms with van der Waals surface area (Å²) in [5, 5.41) is 23.4. The first-order valence-corrected chi connectivity index (χ1v) is 12.3. The van der Waals surface area contributed by atoms with Crippen molar-refractivity contribution in [3.8, 4) is 0 Å². The summed E-state index contributed by atoms with van der Waals surface area (Å²) in [6, 6.07) is 11.1. The van der Waals surface area contributed by atoms with E-state index in [-0.39, 0.29) is 22.8 Å². The first-order chi connectivity index (χ1) is 17.7. The Hall–Kier alpha value is -3.35. The lowest BCUT2D eigenvalue weighted by Crippen LogP contribution is -2.46. The van der Waals surface area contributed by atoms with E-state index in [1.165, 1.54) is 28.1 Å². The van der Waals surface area contributed by atoms with E-state index >= 15 is 0 Å². The minimum atomic E-state index is -1.82. The van der Waals surface area contributed by atoms with Crippen LogP contribution in [-0.4, -0.2) is 71.2 Å². The fourth-order valence-electron chi connectivity index (χ4n) is 4.98. The molecule has 2 saturated heterocycles. The fraction of sp³-hybridized carbons (Fsp3) is 0.458. The zero-order chi connectivity index (χ0) is 26.5. The molecule has 4 heterocycles. The summed E-state index contributed by atoms with van der Waals surface area (Å²) in [7, 11) is 0. The summed E-state index contributed by atoms with van der Waals surface area (Å²) in [5.74, 6) is -3.85. The number of hydrogen-bond donors (Lipinski definition) is 2. The number of carboxylic acids is 2. The molecule has 0 amide bonds. The van der Waals surface area contributed by atoms with E-state index in [0.717, 1.165) is 25.8 Å². The minimum absolute atomic E-state index is 0.172. The number of benzene rings is 1. The molecule has 2 aliphatic heterocycles. The summed E-state index contributed by atoms with van der Waals surface area (Å²) in [5.41, 5.74) is 0.856. The van der Waals surface area contributed by atoms with Gasteiger partial charge in [-0.05, 0) is 50.3 Å². The predicted octanol–water partition coefficient (Wildman–Crippen LogP) is 2.44. The summed E-state index contributed by atoms with van der Waals surface area (Å²) in [6.07, 6.45) is 5.29. The third-order valence-electron chi connectivity index (χ3n) is 6.65. The topological polar surface area (TPSA) is 139 Å². The molecule has 0 radical (unpaired) electrons. The molecule has 198 valence electrons. The quantitative estimate of drug-likeness (QED) is 0.436. The van der Waals surface area contributed by atoms with E-state index in [1.807, 2.05) is 6.07 Å². The third-order valence-corrected chi connectivity index (χ3v) is 6.85. The maximum absolute atomic E-state index is 13.8. The molecule has 0 spiro atoms. The number of fused-ring (bicyclic) bond motifs is 3. The highest BCUT2D eigenvalue weighted by atomic mass is 35.5. The van der Waals surface area contributed by atoms with Crippen molar-refractivity contribution in [3.05, 3.63) is 63.4 Å². The van der Waals surface area contributed by atoms with E-state index < -0.39 is 11.9 Å². The van der Waals surface area contributed by atoms with Crippen LogP contribution in [0, 0.1) is 5.82 Å². The molecule has 2 N–H and O–H groups in total. The van der Waals surface area contributed by atoms with Gasteiger partial charge in [0.25, 0.3) is 0 Å². The van der Waals surface area contributed by atoms with E-state index in [2.05, 4.69) is 15.1 Å². The molecule has 2 bridgehead atoms. The third kappa shape index (κ3) is 6.51. The average molecular weight is 536 g/mol. The van der Waals surface area contributed by atoms with Crippen LogP contribution < -0.4 is 5.69 Å². The molecule has 3 aromatic rings. The van der Waals surface area contributed by atoms with E-state index in [4.69, 9.17) is 36.1 Å². The second-order valence-electron chi connectivity index (χ2n) is 9.01. The number of halogens is 2. The van der Waals surface area contributed by atoms with Crippen LogP contribution in [0.5, 0.6) is 0 Å². The highest BCUT2D eigenvalue weighted by Gasteiger charge is 2.40. The summed E-state index contributed by atoms with van der Waals surface area (Å²) >= 11 is 5.88. The molecular weight excluding hydrogens is 509 g/mol. The van der Waals surface area contributed by atoms with Crippen LogP contribution in [0.25, 0.3) is 5.65 Å². The first-order valence-electron chi connectivity index (χ1n) is 11.9. The van der Waals surface area contributed by atoms with E-state index in [9.17, 15) is 9.18 Å². The molecule has 2 fully saturated rings. The minimum Gasteiger partial charge on any atom is -0.473 e. The van der Waals surface area contributed by atoms with Crippen molar-refractivity contribution < 1.29 is 28.9 Å². The summed E-state index contributed by atoms with van der Waals surface area (Å²) < 4.78 is 22.6. The molecule has 2 aromatic heterocycles. The Balaban J connectivity index is 0.000000480. The molecule has 2 atom stereocenters. The lowest BCUT2D eigenvalue weighted by atomic mass is 9.99. The molecule has 2 unspecified atom stereocenters. The highest BCUT2D eigenvalue weighted by Crippen LogP contribution is 2.37. The summed E-state index contributed by atoms with van der Waals surface area (Å²) in [6.45, 7) is 1.79. The van der Waals surface area contributed by atoms with Gasteiger partial charge < -0.3 is 14.9 Å². The number of aryl methyl sites for hydroxylation is 1. The van der Waals surface area contributed by atoms with Crippen LogP contribution in [0.3, 0.4) is 0 Å². The Labute approximate surface area is 216 Å². The van der Waals surface area contributed by atoms with Gasteiger partial charge in [-0.3, -0.25) is 4.90 Å². The molecule has 37 heavy (non-hydrogen) atoms. The molecule has 5 rings (SSSR count). The van der Waals surface area contributed by atoms with Gasteiger partial charge in [0.1, 0.15) is 11.0 Å². The van der Waals surface area contributed by atoms with Crippen molar-refractivity contribution >= 4 is 29.2 Å². The molecular formula is C24H27ClFN5O6.